The van der Waals surface area contributed by atoms with Crippen molar-refractivity contribution >= 4 is 38.5 Å². The first-order chi connectivity index (χ1) is 14.0. The van der Waals surface area contributed by atoms with Gasteiger partial charge in [0.1, 0.15) is 10.7 Å². The van der Waals surface area contributed by atoms with Crippen LogP contribution in [0.15, 0.2) is 59.1 Å². The van der Waals surface area contributed by atoms with Gasteiger partial charge in [-0.15, -0.1) is 0 Å². The second-order valence-electron chi connectivity index (χ2n) is 5.94. The highest BCUT2D eigenvalue weighted by Gasteiger charge is 2.26. The van der Waals surface area contributed by atoms with E-state index < -0.39 is 16.7 Å². The maximum absolute atomic E-state index is 13.1. The molecule has 0 saturated heterocycles. The van der Waals surface area contributed by atoms with Gasteiger partial charge in [-0.05, 0) is 30.3 Å². The average molecular weight is 410 g/mol. The summed E-state index contributed by atoms with van der Waals surface area (Å²) < 4.78 is 11.2. The number of anilines is 1. The third-order valence-electron chi connectivity index (χ3n) is 4.09. The molecule has 3 aromatic heterocycles. The van der Waals surface area contributed by atoms with Crippen LogP contribution >= 0.6 is 11.3 Å². The van der Waals surface area contributed by atoms with Gasteiger partial charge in [0, 0.05) is 12.3 Å². The first-order valence-electron chi connectivity index (χ1n) is 8.46. The molecule has 0 atom stereocenters. The molecule has 1 aromatic carbocycles. The monoisotopic (exact) mass is 410 g/mol. The summed E-state index contributed by atoms with van der Waals surface area (Å²) in [5.74, 6) is -0.543. The molecule has 0 aliphatic rings. The van der Waals surface area contributed by atoms with Crippen LogP contribution in [0.5, 0.6) is 5.75 Å². The minimum atomic E-state index is -0.691. The van der Waals surface area contributed by atoms with Crippen LogP contribution in [0.3, 0.4) is 0 Å². The van der Waals surface area contributed by atoms with E-state index in [1.807, 2.05) is 18.2 Å². The predicted octanol–water partition coefficient (Wildman–Crippen LogP) is 4.05. The lowest BCUT2D eigenvalue weighted by Gasteiger charge is -2.18. The molecule has 0 aliphatic heterocycles. The normalized spacial score (nSPS) is 10.8. The van der Waals surface area contributed by atoms with Crippen LogP contribution in [-0.4, -0.2) is 27.9 Å². The summed E-state index contributed by atoms with van der Waals surface area (Å²) in [5, 5.41) is 11.3. The van der Waals surface area contributed by atoms with E-state index in [1.54, 1.807) is 31.5 Å². The predicted molar refractivity (Wildman–Crippen MR) is 106 cm³/mol. The number of hydrogen-bond acceptors (Lipinski definition) is 8. The largest absolute Gasteiger partial charge is 0.497 e. The molecule has 4 rings (SSSR count). The van der Waals surface area contributed by atoms with Crippen molar-refractivity contribution in [2.45, 2.75) is 6.54 Å². The van der Waals surface area contributed by atoms with E-state index in [1.165, 1.54) is 22.3 Å². The number of methoxy groups -OCH3 is 1. The summed E-state index contributed by atoms with van der Waals surface area (Å²) in [6, 6.07) is 13.2. The molecule has 0 N–H and O–H groups in total. The molecule has 10 heteroatoms. The fourth-order valence-corrected chi connectivity index (χ4v) is 3.63. The lowest BCUT2D eigenvalue weighted by molar-refractivity contribution is -0.402. The third kappa shape index (κ3) is 3.78. The Balaban J connectivity index is 1.75. The van der Waals surface area contributed by atoms with E-state index in [4.69, 9.17) is 9.15 Å². The van der Waals surface area contributed by atoms with E-state index in [2.05, 4.69) is 9.97 Å². The highest BCUT2D eigenvalue weighted by molar-refractivity contribution is 7.22. The molecule has 0 spiro atoms. The molecular formula is C19H14N4O5S. The van der Waals surface area contributed by atoms with Crippen molar-refractivity contribution in [3.8, 4) is 5.75 Å². The highest BCUT2D eigenvalue weighted by Crippen LogP contribution is 2.33. The summed E-state index contributed by atoms with van der Waals surface area (Å²) in [6.45, 7) is 0.130. The van der Waals surface area contributed by atoms with Gasteiger partial charge in [0.05, 0.1) is 35.6 Å². The van der Waals surface area contributed by atoms with Crippen molar-refractivity contribution in [3.05, 3.63) is 76.3 Å². The molecule has 1 amide bonds. The maximum atomic E-state index is 13.1. The molecule has 0 fully saturated rings. The lowest BCUT2D eigenvalue weighted by atomic mass is 10.3. The van der Waals surface area contributed by atoms with Gasteiger partial charge in [-0.3, -0.25) is 24.8 Å². The number of furan rings is 1. The van der Waals surface area contributed by atoms with E-state index >= 15 is 0 Å². The number of benzene rings is 1. The van der Waals surface area contributed by atoms with Crippen LogP contribution in [0.4, 0.5) is 11.0 Å². The summed E-state index contributed by atoms with van der Waals surface area (Å²) in [6.07, 6.45) is 1.62. The average Bonchev–Trinajstić information content (AvgIpc) is 3.39. The Bertz CT molecular complexity index is 1190. The number of ether oxygens (including phenoxy) is 1. The van der Waals surface area contributed by atoms with E-state index in [9.17, 15) is 14.9 Å². The van der Waals surface area contributed by atoms with Gasteiger partial charge in [-0.2, -0.15) is 0 Å². The number of hydrogen-bond donors (Lipinski definition) is 0. The van der Waals surface area contributed by atoms with Gasteiger partial charge in [-0.1, -0.05) is 17.4 Å². The second kappa shape index (κ2) is 7.68. The molecule has 0 aliphatic carbocycles. The van der Waals surface area contributed by atoms with Gasteiger partial charge in [0.2, 0.25) is 0 Å². The summed E-state index contributed by atoms with van der Waals surface area (Å²) in [5.41, 5.74) is 1.31. The fraction of sp³-hybridized carbons (Fsp3) is 0.105. The Morgan fingerprint density at radius 3 is 2.83 bits per heavy atom. The van der Waals surface area contributed by atoms with E-state index in [-0.39, 0.29) is 12.3 Å². The molecule has 146 valence electrons. The van der Waals surface area contributed by atoms with Crippen molar-refractivity contribution in [1.29, 1.82) is 0 Å². The van der Waals surface area contributed by atoms with Crippen molar-refractivity contribution in [3.63, 3.8) is 0 Å². The number of pyridine rings is 1. The number of thiazole rings is 1. The zero-order chi connectivity index (χ0) is 20.4. The Kier molecular flexibility index (Phi) is 4.92. The smallest absolute Gasteiger partial charge is 0.433 e. The number of carbonyl (C=O) groups is 1. The Morgan fingerprint density at radius 1 is 1.28 bits per heavy atom. The molecule has 4 aromatic rings. The summed E-state index contributed by atoms with van der Waals surface area (Å²) >= 11 is 1.32. The van der Waals surface area contributed by atoms with Crippen molar-refractivity contribution < 1.29 is 18.9 Å². The zero-order valence-corrected chi connectivity index (χ0v) is 16.0. The van der Waals surface area contributed by atoms with Crippen LogP contribution in [0.25, 0.3) is 10.2 Å². The molecular weight excluding hydrogens is 396 g/mol. The minimum absolute atomic E-state index is 0.130. The minimum Gasteiger partial charge on any atom is -0.497 e. The van der Waals surface area contributed by atoms with Gasteiger partial charge in [0.25, 0.3) is 5.91 Å². The Hall–Kier alpha value is -3.79. The topological polar surface area (TPSA) is 112 Å². The zero-order valence-electron chi connectivity index (χ0n) is 15.1. The number of fused-ring (bicyclic) bond motifs is 1. The third-order valence-corrected chi connectivity index (χ3v) is 5.15. The first kappa shape index (κ1) is 18.6. The van der Waals surface area contributed by atoms with Crippen LogP contribution in [0.1, 0.15) is 16.2 Å². The quantitative estimate of drug-likeness (QED) is 0.348. The lowest BCUT2D eigenvalue weighted by Crippen LogP contribution is -2.30. The van der Waals surface area contributed by atoms with Crippen LogP contribution < -0.4 is 9.64 Å². The fourth-order valence-electron chi connectivity index (χ4n) is 2.69. The van der Waals surface area contributed by atoms with Crippen LogP contribution in [0, 0.1) is 10.1 Å². The van der Waals surface area contributed by atoms with Crippen molar-refractivity contribution in [1.82, 2.24) is 9.97 Å². The highest BCUT2D eigenvalue weighted by atomic mass is 32.1. The first-order valence-corrected chi connectivity index (χ1v) is 9.27. The number of nitrogens with zero attached hydrogens (tertiary/aromatic N) is 4. The number of carbonyl (C=O) groups excluding carboxylic acids is 1. The Morgan fingerprint density at radius 2 is 2.14 bits per heavy atom. The van der Waals surface area contributed by atoms with Gasteiger partial charge in [0.15, 0.2) is 10.9 Å². The van der Waals surface area contributed by atoms with Crippen molar-refractivity contribution in [2.24, 2.45) is 0 Å². The number of rotatable bonds is 6. The Labute approximate surface area is 168 Å². The molecule has 0 radical (unpaired) electrons. The molecule has 0 saturated carbocycles. The summed E-state index contributed by atoms with van der Waals surface area (Å²) in [7, 11) is 1.56. The van der Waals surface area contributed by atoms with E-state index in [0.29, 0.717) is 22.1 Å². The number of nitro groups is 1. The van der Waals surface area contributed by atoms with Gasteiger partial charge >= 0.3 is 5.88 Å². The van der Waals surface area contributed by atoms with Crippen LogP contribution in [-0.2, 0) is 6.54 Å². The van der Waals surface area contributed by atoms with Crippen LogP contribution in [0.2, 0.25) is 0 Å². The molecule has 0 bridgehead atoms. The van der Waals surface area contributed by atoms with Gasteiger partial charge in [-0.25, -0.2) is 4.98 Å². The van der Waals surface area contributed by atoms with E-state index in [0.717, 1.165) is 10.8 Å². The second-order valence-corrected chi connectivity index (χ2v) is 6.95. The number of amides is 1. The molecule has 9 nitrogen and oxygen atoms in total. The molecule has 29 heavy (non-hydrogen) atoms. The van der Waals surface area contributed by atoms with Crippen molar-refractivity contribution in [2.75, 3.05) is 12.0 Å². The molecule has 0 unspecified atom stereocenters. The maximum Gasteiger partial charge on any atom is 0.433 e. The number of aromatic nitrogens is 2. The summed E-state index contributed by atoms with van der Waals surface area (Å²) in [4.78, 5) is 33.5. The van der Waals surface area contributed by atoms with Gasteiger partial charge < -0.3 is 9.15 Å². The standard InChI is InChI=1S/C19H14N4O5S/c1-27-13-5-7-16-14(10-13)21-19(29-16)22(11-12-4-2-3-9-20-12)18(24)15-6-8-17(28-15)23(25)26/h2-10H,11H2,1H3. The SMILES string of the molecule is COc1ccc2sc(N(Cc3ccccn3)C(=O)c3ccc([N+](=O)[O-])o3)nc2c1. The molecule has 3 heterocycles.